The predicted octanol–water partition coefficient (Wildman–Crippen LogP) is 0.951. The summed E-state index contributed by atoms with van der Waals surface area (Å²) in [5.41, 5.74) is 6.41. The molecule has 1 aliphatic carbocycles. The Morgan fingerprint density at radius 3 is 2.79 bits per heavy atom. The molecule has 0 radical (unpaired) electrons. The maximum Gasteiger partial charge on any atom is 0.283 e. The zero-order chi connectivity index (χ0) is 20.5. The van der Waals surface area contributed by atoms with Gasteiger partial charge in [-0.05, 0) is 36.6 Å². The number of amides is 1. The van der Waals surface area contributed by atoms with E-state index in [0.29, 0.717) is 15.5 Å². The third-order valence-corrected chi connectivity index (χ3v) is 5.70. The van der Waals surface area contributed by atoms with Crippen molar-refractivity contribution in [1.82, 2.24) is 19.5 Å². The minimum atomic E-state index is -0.506. The number of likely N-dealkylation sites (tertiary alicyclic amines) is 1. The minimum absolute atomic E-state index is 0.0136. The Hall–Kier alpha value is -3.27. The van der Waals surface area contributed by atoms with Gasteiger partial charge in [0, 0.05) is 13.1 Å². The van der Waals surface area contributed by atoms with Crippen LogP contribution in [0.3, 0.4) is 0 Å². The van der Waals surface area contributed by atoms with Crippen molar-refractivity contribution in [3.8, 4) is 0 Å². The van der Waals surface area contributed by atoms with Gasteiger partial charge in [0.2, 0.25) is 16.7 Å². The van der Waals surface area contributed by atoms with Gasteiger partial charge in [0.1, 0.15) is 10.8 Å². The Bertz CT molecular complexity index is 1150. The topological polar surface area (TPSA) is 120 Å². The van der Waals surface area contributed by atoms with Crippen LogP contribution in [0.4, 0.5) is 5.82 Å². The summed E-state index contributed by atoms with van der Waals surface area (Å²) in [6.45, 7) is 1.54. The van der Waals surface area contributed by atoms with Gasteiger partial charge >= 0.3 is 0 Å². The molecule has 29 heavy (non-hydrogen) atoms. The number of hydrogen-bond donors (Lipinski definition) is 1. The van der Waals surface area contributed by atoms with E-state index in [-0.39, 0.29) is 35.3 Å². The van der Waals surface area contributed by atoms with Gasteiger partial charge in [0.15, 0.2) is 5.76 Å². The Morgan fingerprint density at radius 1 is 1.31 bits per heavy atom. The first-order chi connectivity index (χ1) is 14.0. The number of nitrogens with zero attached hydrogens (tertiary/aromatic N) is 4. The molecular formula is C19H19N5O4S. The molecule has 0 spiro atoms. The molecule has 2 aliphatic rings. The van der Waals surface area contributed by atoms with E-state index in [0.717, 1.165) is 25.9 Å². The molecule has 0 unspecified atom stereocenters. The molecule has 1 aliphatic heterocycles. The van der Waals surface area contributed by atoms with Crippen LogP contribution in [0, 0.1) is 0 Å². The SMILES string of the molecule is COC1=C/C(=C/c2c(N)n3nc(CC(=O)N4CCCC4)sc3nc2=O)C=CC1=O. The van der Waals surface area contributed by atoms with E-state index in [9.17, 15) is 14.4 Å². The van der Waals surface area contributed by atoms with Crippen molar-refractivity contribution in [1.29, 1.82) is 0 Å². The molecule has 10 heteroatoms. The number of methoxy groups -OCH3 is 1. The first-order valence-electron chi connectivity index (χ1n) is 9.12. The number of nitrogens with two attached hydrogens (primary N) is 1. The number of carbonyl (C=O) groups excluding carboxylic acids is 2. The second-order valence-electron chi connectivity index (χ2n) is 6.73. The molecule has 1 fully saturated rings. The normalized spacial score (nSPS) is 18.0. The number of ketones is 1. The van der Waals surface area contributed by atoms with Gasteiger partial charge in [-0.3, -0.25) is 14.4 Å². The highest BCUT2D eigenvalue weighted by Gasteiger charge is 2.21. The van der Waals surface area contributed by atoms with Crippen molar-refractivity contribution in [2.75, 3.05) is 25.9 Å². The summed E-state index contributed by atoms with van der Waals surface area (Å²) in [7, 11) is 1.40. The molecule has 0 bridgehead atoms. The maximum atomic E-state index is 12.5. The van der Waals surface area contributed by atoms with E-state index in [4.69, 9.17) is 10.5 Å². The van der Waals surface area contributed by atoms with Crippen LogP contribution in [0.15, 0.2) is 34.4 Å². The molecule has 2 N–H and O–H groups in total. The largest absolute Gasteiger partial charge is 0.493 e. The van der Waals surface area contributed by atoms with Crippen LogP contribution in [-0.2, 0) is 20.7 Å². The molecule has 3 heterocycles. The summed E-state index contributed by atoms with van der Waals surface area (Å²) >= 11 is 1.17. The number of allylic oxidation sites excluding steroid dienone is 4. The summed E-state index contributed by atoms with van der Waals surface area (Å²) in [6, 6.07) is 0. The second-order valence-corrected chi connectivity index (χ2v) is 7.77. The highest BCUT2D eigenvalue weighted by molar-refractivity contribution is 7.16. The highest BCUT2D eigenvalue weighted by atomic mass is 32.1. The molecule has 4 rings (SSSR count). The van der Waals surface area contributed by atoms with Gasteiger partial charge < -0.3 is 15.4 Å². The van der Waals surface area contributed by atoms with Crippen molar-refractivity contribution in [3.63, 3.8) is 0 Å². The van der Waals surface area contributed by atoms with Crippen molar-refractivity contribution in [2.45, 2.75) is 19.3 Å². The first kappa shape index (κ1) is 19.1. The number of nitrogen functional groups attached to an aromatic ring is 1. The Kier molecular flexibility index (Phi) is 5.01. The first-order valence-corrected chi connectivity index (χ1v) is 9.93. The zero-order valence-electron chi connectivity index (χ0n) is 15.8. The number of anilines is 1. The van der Waals surface area contributed by atoms with Crippen LogP contribution in [0.5, 0.6) is 0 Å². The Balaban J connectivity index is 1.68. The van der Waals surface area contributed by atoms with Crippen molar-refractivity contribution < 1.29 is 14.3 Å². The lowest BCUT2D eigenvalue weighted by atomic mass is 10.0. The standard InChI is InChI=1S/C19H19N5O4S/c1-28-14-9-11(4-5-13(14)25)8-12-17(20)24-19(21-18(12)27)29-15(22-24)10-16(26)23-6-2-3-7-23/h4-5,8-9H,2-3,6-7,10,20H2,1H3/b11-8+. The predicted molar refractivity (Wildman–Crippen MR) is 108 cm³/mol. The zero-order valence-corrected chi connectivity index (χ0v) is 16.6. The number of aromatic nitrogens is 3. The maximum absolute atomic E-state index is 12.5. The number of ether oxygens (including phenoxy) is 1. The molecule has 1 saturated heterocycles. The summed E-state index contributed by atoms with van der Waals surface area (Å²) in [6.07, 6.45) is 8.18. The van der Waals surface area contributed by atoms with E-state index in [1.165, 1.54) is 41.2 Å². The van der Waals surface area contributed by atoms with E-state index in [1.54, 1.807) is 6.08 Å². The van der Waals surface area contributed by atoms with Gasteiger partial charge in [-0.15, -0.1) is 0 Å². The van der Waals surface area contributed by atoms with Crippen molar-refractivity contribution >= 4 is 39.9 Å². The van der Waals surface area contributed by atoms with Gasteiger partial charge in [-0.2, -0.15) is 14.6 Å². The van der Waals surface area contributed by atoms with Gasteiger partial charge in [0.25, 0.3) is 5.56 Å². The Labute approximate surface area is 169 Å². The monoisotopic (exact) mass is 413 g/mol. The fraction of sp³-hybridized carbons (Fsp3) is 0.316. The van der Waals surface area contributed by atoms with E-state index >= 15 is 0 Å². The second kappa shape index (κ2) is 7.63. The Morgan fingerprint density at radius 2 is 2.07 bits per heavy atom. The molecule has 0 saturated carbocycles. The summed E-state index contributed by atoms with van der Waals surface area (Å²) in [5.74, 6) is 0.0542. The summed E-state index contributed by atoms with van der Waals surface area (Å²) < 4.78 is 6.41. The van der Waals surface area contributed by atoms with Crippen molar-refractivity contribution in [2.24, 2.45) is 0 Å². The number of rotatable bonds is 4. The minimum Gasteiger partial charge on any atom is -0.493 e. The van der Waals surface area contributed by atoms with Crippen LogP contribution < -0.4 is 11.3 Å². The van der Waals surface area contributed by atoms with Gasteiger partial charge in [-0.1, -0.05) is 17.4 Å². The molecule has 2 aromatic rings. The fourth-order valence-electron chi connectivity index (χ4n) is 3.28. The van der Waals surface area contributed by atoms with Crippen molar-refractivity contribution in [3.05, 3.63) is 50.5 Å². The van der Waals surface area contributed by atoms with E-state index in [1.807, 2.05) is 4.90 Å². The summed E-state index contributed by atoms with van der Waals surface area (Å²) in [5, 5.41) is 4.93. The molecule has 0 atom stereocenters. The molecule has 9 nitrogen and oxygen atoms in total. The average Bonchev–Trinajstić information content (AvgIpc) is 3.36. The molecule has 0 aromatic carbocycles. The fourth-order valence-corrected chi connectivity index (χ4v) is 4.16. The van der Waals surface area contributed by atoms with Crippen LogP contribution in [-0.4, -0.2) is 51.4 Å². The van der Waals surface area contributed by atoms with Crippen LogP contribution in [0.1, 0.15) is 23.4 Å². The quantitative estimate of drug-likeness (QED) is 0.792. The summed E-state index contributed by atoms with van der Waals surface area (Å²) in [4.78, 5) is 42.7. The lowest BCUT2D eigenvalue weighted by Gasteiger charge is -2.13. The van der Waals surface area contributed by atoms with Crippen LogP contribution in [0.2, 0.25) is 0 Å². The smallest absolute Gasteiger partial charge is 0.283 e. The number of carbonyl (C=O) groups is 2. The van der Waals surface area contributed by atoms with Gasteiger partial charge in [0.05, 0.1) is 19.1 Å². The number of hydrogen-bond acceptors (Lipinski definition) is 8. The lowest BCUT2D eigenvalue weighted by Crippen LogP contribution is -2.29. The average molecular weight is 413 g/mol. The molecule has 2 aromatic heterocycles. The lowest BCUT2D eigenvalue weighted by molar-refractivity contribution is -0.129. The highest BCUT2D eigenvalue weighted by Crippen LogP contribution is 2.22. The van der Waals surface area contributed by atoms with Crippen LogP contribution in [0.25, 0.3) is 11.0 Å². The third kappa shape index (κ3) is 3.70. The van der Waals surface area contributed by atoms with E-state index < -0.39 is 5.56 Å². The molecule has 1 amide bonds. The third-order valence-electron chi connectivity index (χ3n) is 4.79. The molecular weight excluding hydrogens is 394 g/mol. The van der Waals surface area contributed by atoms with Crippen LogP contribution >= 0.6 is 11.3 Å². The van der Waals surface area contributed by atoms with E-state index in [2.05, 4.69) is 10.1 Å². The molecule has 150 valence electrons. The van der Waals surface area contributed by atoms with Gasteiger partial charge in [-0.25, -0.2) is 0 Å². The number of fused-ring (bicyclic) bond motifs is 1.